The van der Waals surface area contributed by atoms with Crippen LogP contribution in [-0.4, -0.2) is 9.55 Å². The van der Waals surface area contributed by atoms with Crippen molar-refractivity contribution in [2.75, 3.05) is 0 Å². The number of hydrogen-bond donors (Lipinski definition) is 1. The molecule has 3 rings (SSSR count). The first kappa shape index (κ1) is 15.2. The number of aromatic nitrogens is 2. The van der Waals surface area contributed by atoms with Gasteiger partial charge in [-0.05, 0) is 36.4 Å². The first-order valence-electron chi connectivity index (χ1n) is 6.30. The van der Waals surface area contributed by atoms with E-state index in [-0.39, 0.29) is 22.4 Å². The molecule has 23 heavy (non-hydrogen) atoms. The van der Waals surface area contributed by atoms with Crippen LogP contribution >= 0.6 is 11.6 Å². The molecule has 0 aliphatic rings. The molecule has 0 fully saturated rings. The minimum atomic E-state index is -4.71. The number of aromatic amines is 1. The van der Waals surface area contributed by atoms with Gasteiger partial charge in [0, 0.05) is 5.02 Å². The molecule has 1 heterocycles. The van der Waals surface area contributed by atoms with Gasteiger partial charge < -0.3 is 4.98 Å². The highest BCUT2D eigenvalue weighted by atomic mass is 35.5. The van der Waals surface area contributed by atoms with Gasteiger partial charge in [-0.3, -0.25) is 4.57 Å². The van der Waals surface area contributed by atoms with Gasteiger partial charge in [-0.1, -0.05) is 11.6 Å². The molecule has 0 bridgehead atoms. The topological polar surface area (TPSA) is 42.1 Å². The molecule has 1 N–H and O–H groups in total. The van der Waals surface area contributed by atoms with Crippen LogP contribution in [0.15, 0.2) is 41.2 Å². The van der Waals surface area contributed by atoms with Crippen molar-refractivity contribution in [3.05, 3.63) is 68.9 Å². The zero-order chi connectivity index (χ0) is 16.8. The van der Waals surface area contributed by atoms with Crippen LogP contribution in [0.5, 0.6) is 0 Å². The van der Waals surface area contributed by atoms with Crippen LogP contribution in [0.2, 0.25) is 5.02 Å². The number of halogens is 4. The molecule has 2 aromatic carbocycles. The highest BCUT2D eigenvalue weighted by Crippen LogP contribution is 2.37. The number of hydrogen-bond acceptors (Lipinski definition) is 1. The Morgan fingerprint density at radius 1 is 1.17 bits per heavy atom. The van der Waals surface area contributed by atoms with Crippen molar-refractivity contribution >= 4 is 28.3 Å². The van der Waals surface area contributed by atoms with Gasteiger partial charge in [-0.2, -0.15) is 13.2 Å². The van der Waals surface area contributed by atoms with Crippen LogP contribution in [0.1, 0.15) is 5.56 Å². The molecule has 4 nitrogen and oxygen atoms in total. The Labute approximate surface area is 132 Å². The molecule has 0 saturated heterocycles. The number of alkyl halides is 3. The first-order valence-corrected chi connectivity index (χ1v) is 6.68. The summed E-state index contributed by atoms with van der Waals surface area (Å²) in [6.45, 7) is 6.91. The van der Waals surface area contributed by atoms with Crippen LogP contribution in [0.3, 0.4) is 0 Å². The predicted molar refractivity (Wildman–Crippen MR) is 80.2 cm³/mol. The molecule has 0 aliphatic carbocycles. The van der Waals surface area contributed by atoms with Crippen LogP contribution in [0, 0.1) is 6.57 Å². The molecule has 0 aliphatic heterocycles. The van der Waals surface area contributed by atoms with E-state index >= 15 is 0 Å². The molecule has 0 radical (unpaired) electrons. The smallest absolute Gasteiger partial charge is 0.306 e. The van der Waals surface area contributed by atoms with Crippen molar-refractivity contribution < 1.29 is 13.2 Å². The lowest BCUT2D eigenvalue weighted by Gasteiger charge is -2.12. The van der Waals surface area contributed by atoms with Gasteiger partial charge in [-0.15, -0.1) is 0 Å². The van der Waals surface area contributed by atoms with E-state index in [1.54, 1.807) is 0 Å². The second kappa shape index (κ2) is 5.18. The Balaban J connectivity index is 2.44. The lowest BCUT2D eigenvalue weighted by molar-refractivity contribution is -0.136. The molecular formula is C15H7ClF3N3O. The third-order valence-corrected chi connectivity index (χ3v) is 3.53. The SMILES string of the molecule is [C-]#[N+]c1cc(C(F)(F)F)c2c(c1)[nH]c(=O)n2-c1ccc(Cl)cc1. The van der Waals surface area contributed by atoms with Crippen LogP contribution in [0.4, 0.5) is 18.9 Å². The zero-order valence-corrected chi connectivity index (χ0v) is 12.0. The maximum Gasteiger partial charge on any atom is 0.417 e. The van der Waals surface area contributed by atoms with E-state index in [9.17, 15) is 18.0 Å². The average molecular weight is 338 g/mol. The van der Waals surface area contributed by atoms with E-state index in [1.165, 1.54) is 30.3 Å². The molecule has 116 valence electrons. The summed E-state index contributed by atoms with van der Waals surface area (Å²) in [6, 6.07) is 7.78. The largest absolute Gasteiger partial charge is 0.417 e. The minimum absolute atomic E-state index is 0.0502. The summed E-state index contributed by atoms with van der Waals surface area (Å²) >= 11 is 5.77. The lowest BCUT2D eigenvalue weighted by Crippen LogP contribution is -2.16. The predicted octanol–water partition coefficient (Wildman–Crippen LogP) is 4.54. The minimum Gasteiger partial charge on any atom is -0.306 e. The van der Waals surface area contributed by atoms with Crippen LogP contribution in [0.25, 0.3) is 21.6 Å². The van der Waals surface area contributed by atoms with Gasteiger partial charge in [-0.25, -0.2) is 9.64 Å². The Morgan fingerprint density at radius 3 is 2.39 bits per heavy atom. The number of imidazole rings is 1. The number of benzene rings is 2. The number of H-pyrrole nitrogens is 1. The monoisotopic (exact) mass is 337 g/mol. The van der Waals surface area contributed by atoms with Gasteiger partial charge in [0.05, 0.1) is 28.9 Å². The Hall–Kier alpha value is -2.72. The van der Waals surface area contributed by atoms with Crippen molar-refractivity contribution in [3.63, 3.8) is 0 Å². The van der Waals surface area contributed by atoms with Gasteiger partial charge in [0.1, 0.15) is 0 Å². The Kier molecular flexibility index (Phi) is 3.42. The van der Waals surface area contributed by atoms with Gasteiger partial charge >= 0.3 is 11.9 Å². The molecule has 0 amide bonds. The molecule has 8 heteroatoms. The van der Waals surface area contributed by atoms with E-state index in [0.29, 0.717) is 5.02 Å². The van der Waals surface area contributed by atoms with Crippen molar-refractivity contribution in [1.82, 2.24) is 9.55 Å². The molecular weight excluding hydrogens is 331 g/mol. The second-order valence-corrected chi connectivity index (χ2v) is 5.18. The van der Waals surface area contributed by atoms with Crippen molar-refractivity contribution in [1.29, 1.82) is 0 Å². The number of nitrogens with zero attached hydrogens (tertiary/aromatic N) is 2. The zero-order valence-electron chi connectivity index (χ0n) is 11.3. The van der Waals surface area contributed by atoms with Crippen molar-refractivity contribution in [2.24, 2.45) is 0 Å². The van der Waals surface area contributed by atoms with Gasteiger partial charge in [0.2, 0.25) is 0 Å². The summed E-state index contributed by atoms with van der Waals surface area (Å²) < 4.78 is 41.0. The summed E-state index contributed by atoms with van der Waals surface area (Å²) in [4.78, 5) is 17.5. The normalized spacial score (nSPS) is 11.6. The Morgan fingerprint density at radius 2 is 1.83 bits per heavy atom. The summed E-state index contributed by atoms with van der Waals surface area (Å²) in [5, 5.41) is 0.396. The first-order chi connectivity index (χ1) is 10.8. The fourth-order valence-electron chi connectivity index (χ4n) is 2.35. The number of rotatable bonds is 1. The molecule has 0 atom stereocenters. The molecule has 0 unspecified atom stereocenters. The molecule has 1 aromatic heterocycles. The molecule has 3 aromatic rings. The highest BCUT2D eigenvalue weighted by Gasteiger charge is 2.35. The van der Waals surface area contributed by atoms with Crippen LogP contribution < -0.4 is 5.69 Å². The van der Waals surface area contributed by atoms with E-state index < -0.39 is 17.4 Å². The van der Waals surface area contributed by atoms with Crippen LogP contribution in [-0.2, 0) is 6.18 Å². The van der Waals surface area contributed by atoms with E-state index in [4.69, 9.17) is 18.2 Å². The van der Waals surface area contributed by atoms with Gasteiger partial charge in [0.25, 0.3) is 0 Å². The quantitative estimate of drug-likeness (QED) is 0.651. The summed E-state index contributed by atoms with van der Waals surface area (Å²) in [5.74, 6) is 0. The van der Waals surface area contributed by atoms with E-state index in [1.807, 2.05) is 0 Å². The second-order valence-electron chi connectivity index (χ2n) is 4.74. The van der Waals surface area contributed by atoms with Crippen molar-refractivity contribution in [2.45, 2.75) is 6.18 Å². The number of fused-ring (bicyclic) bond motifs is 1. The summed E-state index contributed by atoms with van der Waals surface area (Å²) in [5.41, 5.74) is -2.10. The van der Waals surface area contributed by atoms with Crippen molar-refractivity contribution in [3.8, 4) is 5.69 Å². The van der Waals surface area contributed by atoms with Gasteiger partial charge in [0.15, 0.2) is 5.69 Å². The third kappa shape index (κ3) is 2.58. The Bertz CT molecular complexity index is 994. The average Bonchev–Trinajstić information content (AvgIpc) is 2.81. The summed E-state index contributed by atoms with van der Waals surface area (Å²) in [7, 11) is 0. The highest BCUT2D eigenvalue weighted by molar-refractivity contribution is 6.30. The maximum absolute atomic E-state index is 13.3. The maximum atomic E-state index is 13.3. The summed E-state index contributed by atoms with van der Waals surface area (Å²) in [6.07, 6.45) is -4.71. The lowest BCUT2D eigenvalue weighted by atomic mass is 10.1. The van der Waals surface area contributed by atoms with E-state index in [2.05, 4.69) is 9.83 Å². The molecule has 0 saturated carbocycles. The fraction of sp³-hybridized carbons (Fsp3) is 0.0667. The fourth-order valence-corrected chi connectivity index (χ4v) is 2.47. The standard InChI is InChI=1S/C15H7ClF3N3O/c1-20-9-6-11(15(17,18)19)13-12(7-9)21-14(23)22(13)10-4-2-8(16)3-5-10/h2-7H,(H,21,23). The number of nitrogens with one attached hydrogen (secondary N) is 1. The third-order valence-electron chi connectivity index (χ3n) is 3.28. The molecule has 0 spiro atoms. The van der Waals surface area contributed by atoms with E-state index in [0.717, 1.165) is 10.6 Å².